The van der Waals surface area contributed by atoms with Crippen LogP contribution in [0.3, 0.4) is 0 Å². The number of nitrogens with zero attached hydrogens (tertiary/aromatic N) is 1. The standard InChI is InChI=1S/C18H24ClF3N2O/c1-24(13-8-5-3-2-4-6-9-13)12-16(25)23-17-14(18(20,21)22)10-7-11-15(17)19/h7,10-11,13H,2-6,8-9,12H2,1H3,(H,23,25). The Morgan fingerprint density at radius 2 is 1.80 bits per heavy atom. The number of benzene rings is 1. The minimum absolute atomic E-state index is 0.0488. The number of likely N-dealkylation sites (N-methyl/N-ethyl adjacent to an activating group) is 1. The molecule has 0 heterocycles. The van der Waals surface area contributed by atoms with Crippen molar-refractivity contribution in [2.75, 3.05) is 18.9 Å². The number of amides is 1. The molecule has 0 unspecified atom stereocenters. The average molecular weight is 377 g/mol. The number of nitrogens with one attached hydrogen (secondary N) is 1. The van der Waals surface area contributed by atoms with E-state index >= 15 is 0 Å². The van der Waals surface area contributed by atoms with Crippen molar-refractivity contribution in [1.82, 2.24) is 4.90 Å². The van der Waals surface area contributed by atoms with Crippen LogP contribution in [0.1, 0.15) is 50.5 Å². The molecule has 0 aliphatic heterocycles. The van der Waals surface area contributed by atoms with Gasteiger partial charge in [0.2, 0.25) is 5.91 Å². The third-order valence-electron chi connectivity index (χ3n) is 4.67. The molecule has 0 radical (unpaired) electrons. The second-order valence-electron chi connectivity index (χ2n) is 6.62. The molecular weight excluding hydrogens is 353 g/mol. The van der Waals surface area contributed by atoms with Gasteiger partial charge in [0.25, 0.3) is 0 Å². The number of para-hydroxylation sites is 1. The van der Waals surface area contributed by atoms with E-state index in [0.717, 1.165) is 31.7 Å². The van der Waals surface area contributed by atoms with E-state index in [2.05, 4.69) is 5.32 Å². The van der Waals surface area contributed by atoms with Crippen LogP contribution in [0.15, 0.2) is 18.2 Å². The van der Waals surface area contributed by atoms with E-state index in [1.807, 2.05) is 11.9 Å². The van der Waals surface area contributed by atoms with Crippen molar-refractivity contribution in [3.05, 3.63) is 28.8 Å². The first-order valence-electron chi connectivity index (χ1n) is 8.65. The average Bonchev–Trinajstić information content (AvgIpc) is 2.47. The van der Waals surface area contributed by atoms with E-state index in [1.165, 1.54) is 31.4 Å². The number of alkyl halides is 3. The van der Waals surface area contributed by atoms with Crippen LogP contribution in [0.2, 0.25) is 5.02 Å². The number of hydrogen-bond donors (Lipinski definition) is 1. The zero-order valence-electron chi connectivity index (χ0n) is 14.3. The lowest BCUT2D eigenvalue weighted by molar-refractivity contribution is -0.137. The molecule has 0 bridgehead atoms. The van der Waals surface area contributed by atoms with Gasteiger partial charge in [0, 0.05) is 6.04 Å². The molecule has 25 heavy (non-hydrogen) atoms. The molecule has 1 aliphatic carbocycles. The molecule has 1 N–H and O–H groups in total. The lowest BCUT2D eigenvalue weighted by Crippen LogP contribution is -2.38. The van der Waals surface area contributed by atoms with Crippen molar-refractivity contribution >= 4 is 23.2 Å². The van der Waals surface area contributed by atoms with Crippen LogP contribution in [-0.2, 0) is 11.0 Å². The maximum Gasteiger partial charge on any atom is 0.418 e. The fraction of sp³-hybridized carbons (Fsp3) is 0.611. The van der Waals surface area contributed by atoms with Crippen molar-refractivity contribution in [2.24, 2.45) is 0 Å². The van der Waals surface area contributed by atoms with Gasteiger partial charge in [-0.15, -0.1) is 0 Å². The zero-order chi connectivity index (χ0) is 18.4. The van der Waals surface area contributed by atoms with Crippen molar-refractivity contribution in [3.63, 3.8) is 0 Å². The Morgan fingerprint density at radius 1 is 1.20 bits per heavy atom. The second-order valence-corrected chi connectivity index (χ2v) is 7.03. The summed E-state index contributed by atoms with van der Waals surface area (Å²) in [7, 11) is 1.85. The topological polar surface area (TPSA) is 32.3 Å². The minimum atomic E-state index is -4.57. The largest absolute Gasteiger partial charge is 0.418 e. The maximum atomic E-state index is 13.1. The Kier molecular flexibility index (Phi) is 7.14. The summed E-state index contributed by atoms with van der Waals surface area (Å²) in [4.78, 5) is 14.2. The summed E-state index contributed by atoms with van der Waals surface area (Å²) in [6, 6.07) is 3.77. The van der Waals surface area contributed by atoms with Crippen LogP contribution < -0.4 is 5.32 Å². The summed E-state index contributed by atoms with van der Waals surface area (Å²) >= 11 is 5.88. The van der Waals surface area contributed by atoms with Gasteiger partial charge in [0.05, 0.1) is 22.8 Å². The Labute approximate surface area is 151 Å². The predicted molar refractivity (Wildman–Crippen MR) is 93.8 cm³/mol. The van der Waals surface area contributed by atoms with Gasteiger partial charge in [0.1, 0.15) is 0 Å². The van der Waals surface area contributed by atoms with Crippen LogP contribution in [0.4, 0.5) is 18.9 Å². The molecular formula is C18H24ClF3N2O. The van der Waals surface area contributed by atoms with Gasteiger partial charge in [-0.1, -0.05) is 49.8 Å². The second kappa shape index (κ2) is 8.90. The Bertz CT molecular complexity index is 584. The summed E-state index contributed by atoms with van der Waals surface area (Å²) in [5, 5.41) is 2.24. The SMILES string of the molecule is CN(CC(=O)Nc1c(Cl)cccc1C(F)(F)F)C1CCCCCCC1. The van der Waals surface area contributed by atoms with E-state index < -0.39 is 17.6 Å². The highest BCUT2D eigenvalue weighted by Crippen LogP contribution is 2.38. The highest BCUT2D eigenvalue weighted by molar-refractivity contribution is 6.34. The van der Waals surface area contributed by atoms with E-state index in [1.54, 1.807) is 0 Å². The summed E-state index contributed by atoms with van der Waals surface area (Å²) in [6.07, 6.45) is 3.37. The molecule has 0 aromatic heterocycles. The van der Waals surface area contributed by atoms with Crippen molar-refractivity contribution in [3.8, 4) is 0 Å². The van der Waals surface area contributed by atoms with Gasteiger partial charge in [-0.3, -0.25) is 9.69 Å². The number of carbonyl (C=O) groups is 1. The number of carbonyl (C=O) groups excluding carboxylic acids is 1. The smallest absolute Gasteiger partial charge is 0.323 e. The summed E-state index contributed by atoms with van der Waals surface area (Å²) in [6.45, 7) is 0.0488. The Hall–Kier alpha value is -1.27. The first-order valence-corrected chi connectivity index (χ1v) is 9.02. The quantitative estimate of drug-likeness (QED) is 0.769. The predicted octanol–water partition coefficient (Wildman–Crippen LogP) is 5.34. The van der Waals surface area contributed by atoms with E-state index in [9.17, 15) is 18.0 Å². The molecule has 7 heteroatoms. The Balaban J connectivity index is 2.02. The molecule has 1 saturated carbocycles. The van der Waals surface area contributed by atoms with E-state index in [-0.39, 0.29) is 17.3 Å². The highest BCUT2D eigenvalue weighted by Gasteiger charge is 2.35. The number of anilines is 1. The van der Waals surface area contributed by atoms with Gasteiger partial charge < -0.3 is 5.32 Å². The van der Waals surface area contributed by atoms with Gasteiger partial charge in [-0.25, -0.2) is 0 Å². The zero-order valence-corrected chi connectivity index (χ0v) is 15.1. The molecule has 0 atom stereocenters. The van der Waals surface area contributed by atoms with Crippen LogP contribution >= 0.6 is 11.6 Å². The first kappa shape index (κ1) is 20.0. The highest BCUT2D eigenvalue weighted by atomic mass is 35.5. The van der Waals surface area contributed by atoms with Crippen molar-refractivity contribution < 1.29 is 18.0 Å². The van der Waals surface area contributed by atoms with Gasteiger partial charge >= 0.3 is 6.18 Å². The van der Waals surface area contributed by atoms with Crippen LogP contribution in [0.25, 0.3) is 0 Å². The molecule has 1 aromatic carbocycles. The number of halogens is 4. The maximum absolute atomic E-state index is 13.1. The minimum Gasteiger partial charge on any atom is -0.323 e. The molecule has 0 spiro atoms. The molecule has 2 rings (SSSR count). The summed E-state index contributed by atoms with van der Waals surface area (Å²) < 4.78 is 39.3. The summed E-state index contributed by atoms with van der Waals surface area (Å²) in [5.74, 6) is -0.483. The molecule has 1 fully saturated rings. The van der Waals surface area contributed by atoms with Crippen molar-refractivity contribution in [2.45, 2.75) is 57.2 Å². The molecule has 0 saturated heterocycles. The fourth-order valence-corrected chi connectivity index (χ4v) is 3.52. The molecule has 1 aliphatic rings. The lowest BCUT2D eigenvalue weighted by atomic mass is 9.96. The molecule has 1 amide bonds. The van der Waals surface area contributed by atoms with E-state index in [0.29, 0.717) is 6.04 Å². The molecule has 140 valence electrons. The third-order valence-corrected chi connectivity index (χ3v) is 4.99. The van der Waals surface area contributed by atoms with Crippen LogP contribution in [0.5, 0.6) is 0 Å². The first-order chi connectivity index (χ1) is 11.8. The van der Waals surface area contributed by atoms with Gasteiger partial charge in [0.15, 0.2) is 0 Å². The summed E-state index contributed by atoms with van der Waals surface area (Å²) in [5.41, 5.74) is -1.30. The van der Waals surface area contributed by atoms with Gasteiger partial charge in [-0.2, -0.15) is 13.2 Å². The Morgan fingerprint density at radius 3 is 2.40 bits per heavy atom. The molecule has 3 nitrogen and oxygen atoms in total. The molecule has 1 aromatic rings. The van der Waals surface area contributed by atoms with E-state index in [4.69, 9.17) is 11.6 Å². The third kappa shape index (κ3) is 5.89. The number of hydrogen-bond acceptors (Lipinski definition) is 2. The number of rotatable bonds is 4. The normalized spacial score (nSPS) is 17.2. The lowest BCUT2D eigenvalue weighted by Gasteiger charge is -2.29. The van der Waals surface area contributed by atoms with Crippen LogP contribution in [-0.4, -0.2) is 30.4 Å². The van der Waals surface area contributed by atoms with Gasteiger partial charge in [-0.05, 0) is 32.0 Å². The van der Waals surface area contributed by atoms with Crippen LogP contribution in [0, 0.1) is 0 Å². The van der Waals surface area contributed by atoms with Crippen molar-refractivity contribution in [1.29, 1.82) is 0 Å². The monoisotopic (exact) mass is 376 g/mol. The fourth-order valence-electron chi connectivity index (χ4n) is 3.30.